The fraction of sp³-hybridized carbons (Fsp3) is 0.0769. The van der Waals surface area contributed by atoms with Crippen LogP contribution >= 0.6 is 50.9 Å². The third-order valence-corrected chi connectivity index (χ3v) is 4.72. The average molecular weight is 363 g/mol. The molecule has 0 bridgehead atoms. The molecule has 0 heterocycles. The molecular weight excluding hydrogens is 353 g/mol. The molecule has 0 atom stereocenters. The summed E-state index contributed by atoms with van der Waals surface area (Å²) >= 11 is 17.3. The van der Waals surface area contributed by atoms with Crippen molar-refractivity contribution in [2.45, 2.75) is 10.6 Å². The summed E-state index contributed by atoms with van der Waals surface area (Å²) in [6.07, 6.45) is 0. The molecular formula is C13H10BrCl2NS. The highest BCUT2D eigenvalue weighted by Crippen LogP contribution is 2.34. The van der Waals surface area contributed by atoms with Gasteiger partial charge >= 0.3 is 0 Å². The Morgan fingerprint density at radius 3 is 2.39 bits per heavy atom. The van der Waals surface area contributed by atoms with Crippen LogP contribution in [0.2, 0.25) is 10.0 Å². The van der Waals surface area contributed by atoms with E-state index in [9.17, 15) is 0 Å². The van der Waals surface area contributed by atoms with Crippen LogP contribution in [-0.2, 0) is 5.75 Å². The van der Waals surface area contributed by atoms with Gasteiger partial charge in [-0.2, -0.15) is 0 Å². The van der Waals surface area contributed by atoms with Gasteiger partial charge in [0.15, 0.2) is 0 Å². The zero-order valence-electron chi connectivity index (χ0n) is 9.29. The van der Waals surface area contributed by atoms with Gasteiger partial charge in [0.1, 0.15) is 0 Å². The van der Waals surface area contributed by atoms with Gasteiger partial charge in [-0.25, -0.2) is 0 Å². The van der Waals surface area contributed by atoms with Crippen LogP contribution in [0.4, 0.5) is 5.69 Å². The van der Waals surface area contributed by atoms with Crippen LogP contribution < -0.4 is 5.73 Å². The van der Waals surface area contributed by atoms with E-state index in [0.717, 1.165) is 20.6 Å². The molecule has 0 aliphatic carbocycles. The molecule has 0 aromatic heterocycles. The molecule has 0 unspecified atom stereocenters. The number of nitrogen functional groups attached to an aromatic ring is 1. The highest BCUT2D eigenvalue weighted by atomic mass is 79.9. The highest BCUT2D eigenvalue weighted by molar-refractivity contribution is 9.10. The molecule has 0 radical (unpaired) electrons. The van der Waals surface area contributed by atoms with Crippen LogP contribution in [0, 0.1) is 0 Å². The van der Waals surface area contributed by atoms with E-state index in [-0.39, 0.29) is 0 Å². The summed E-state index contributed by atoms with van der Waals surface area (Å²) < 4.78 is 0.972. The summed E-state index contributed by atoms with van der Waals surface area (Å²) in [5.41, 5.74) is 7.63. The first-order valence-corrected chi connectivity index (χ1v) is 7.72. The maximum Gasteiger partial charge on any atom is 0.0463 e. The predicted octanol–water partition coefficient (Wildman–Crippen LogP) is 5.63. The summed E-state index contributed by atoms with van der Waals surface area (Å²) in [6, 6.07) is 11.4. The summed E-state index contributed by atoms with van der Waals surface area (Å²) in [5, 5.41) is 1.37. The van der Waals surface area contributed by atoms with E-state index < -0.39 is 0 Å². The van der Waals surface area contributed by atoms with E-state index in [2.05, 4.69) is 15.9 Å². The highest BCUT2D eigenvalue weighted by Gasteiger charge is 2.07. The molecule has 2 rings (SSSR count). The number of hydrogen-bond donors (Lipinski definition) is 1. The molecule has 0 saturated carbocycles. The number of halogens is 3. The zero-order chi connectivity index (χ0) is 13.1. The second-order valence-corrected chi connectivity index (χ2v) is 6.42. The van der Waals surface area contributed by atoms with E-state index in [0.29, 0.717) is 15.8 Å². The van der Waals surface area contributed by atoms with Crippen molar-refractivity contribution in [1.29, 1.82) is 0 Å². The maximum absolute atomic E-state index is 6.12. The van der Waals surface area contributed by atoms with Crippen LogP contribution in [0.5, 0.6) is 0 Å². The second kappa shape index (κ2) is 6.20. The van der Waals surface area contributed by atoms with Crippen LogP contribution in [0.3, 0.4) is 0 Å². The molecule has 2 aromatic rings. The van der Waals surface area contributed by atoms with Crippen molar-refractivity contribution in [3.8, 4) is 0 Å². The summed E-state index contributed by atoms with van der Waals surface area (Å²) in [5.74, 6) is 0.699. The standard InChI is InChI=1S/C13H10BrCl2NS/c14-8-4-5-13(12(17)6-8)18-7-9-10(15)2-1-3-11(9)16/h1-6H,7,17H2. The minimum atomic E-state index is 0.686. The largest absolute Gasteiger partial charge is 0.398 e. The SMILES string of the molecule is Nc1cc(Br)ccc1SCc1c(Cl)cccc1Cl. The van der Waals surface area contributed by atoms with E-state index in [1.54, 1.807) is 11.8 Å². The van der Waals surface area contributed by atoms with E-state index in [1.165, 1.54) is 0 Å². The summed E-state index contributed by atoms with van der Waals surface area (Å²) in [4.78, 5) is 1.02. The molecule has 0 fully saturated rings. The third kappa shape index (κ3) is 3.35. The van der Waals surface area contributed by atoms with Crippen molar-refractivity contribution in [1.82, 2.24) is 0 Å². The molecule has 0 saturated heterocycles. The van der Waals surface area contributed by atoms with E-state index in [4.69, 9.17) is 28.9 Å². The molecule has 0 aliphatic heterocycles. The topological polar surface area (TPSA) is 26.0 Å². The van der Waals surface area contributed by atoms with Gasteiger partial charge in [-0.1, -0.05) is 45.2 Å². The minimum absolute atomic E-state index is 0.686. The Bertz CT molecular complexity index is 555. The van der Waals surface area contributed by atoms with Crippen molar-refractivity contribution >= 4 is 56.6 Å². The Morgan fingerprint density at radius 2 is 1.78 bits per heavy atom. The number of anilines is 1. The van der Waals surface area contributed by atoms with E-state index >= 15 is 0 Å². The third-order valence-electron chi connectivity index (χ3n) is 2.41. The molecule has 1 nitrogen and oxygen atoms in total. The minimum Gasteiger partial charge on any atom is -0.398 e. The molecule has 18 heavy (non-hydrogen) atoms. The fourth-order valence-corrected chi connectivity index (χ4v) is 3.54. The van der Waals surface area contributed by atoms with Gasteiger partial charge in [-0.05, 0) is 35.9 Å². The smallest absolute Gasteiger partial charge is 0.0463 e. The lowest BCUT2D eigenvalue weighted by atomic mass is 10.2. The van der Waals surface area contributed by atoms with Gasteiger partial charge in [0.2, 0.25) is 0 Å². The van der Waals surface area contributed by atoms with Crippen LogP contribution in [0.25, 0.3) is 0 Å². The number of thioether (sulfide) groups is 1. The molecule has 2 N–H and O–H groups in total. The normalized spacial score (nSPS) is 10.6. The van der Waals surface area contributed by atoms with Gasteiger partial charge in [-0.15, -0.1) is 11.8 Å². The fourth-order valence-electron chi connectivity index (χ4n) is 1.47. The van der Waals surface area contributed by atoms with Gasteiger partial charge in [0, 0.05) is 30.9 Å². The Labute approximate surface area is 129 Å². The van der Waals surface area contributed by atoms with Crippen molar-refractivity contribution in [2.75, 3.05) is 5.73 Å². The zero-order valence-corrected chi connectivity index (χ0v) is 13.2. The number of nitrogens with two attached hydrogens (primary N) is 1. The lowest BCUT2D eigenvalue weighted by Gasteiger charge is -2.08. The number of benzene rings is 2. The maximum atomic E-state index is 6.12. The molecule has 2 aromatic carbocycles. The first-order valence-electron chi connectivity index (χ1n) is 5.18. The van der Waals surface area contributed by atoms with Crippen molar-refractivity contribution in [3.63, 3.8) is 0 Å². The average Bonchev–Trinajstić information content (AvgIpc) is 2.31. The molecule has 0 amide bonds. The van der Waals surface area contributed by atoms with Gasteiger partial charge < -0.3 is 5.73 Å². The van der Waals surface area contributed by atoms with Crippen LogP contribution in [-0.4, -0.2) is 0 Å². The summed E-state index contributed by atoms with van der Waals surface area (Å²) in [7, 11) is 0. The first-order chi connectivity index (χ1) is 8.58. The Kier molecular flexibility index (Phi) is 4.84. The van der Waals surface area contributed by atoms with Crippen molar-refractivity contribution < 1.29 is 0 Å². The lowest BCUT2D eigenvalue weighted by Crippen LogP contribution is -1.90. The van der Waals surface area contributed by atoms with Crippen molar-refractivity contribution in [3.05, 3.63) is 56.5 Å². The van der Waals surface area contributed by atoms with Crippen molar-refractivity contribution in [2.24, 2.45) is 0 Å². The lowest BCUT2D eigenvalue weighted by molar-refractivity contribution is 1.38. The molecule has 0 spiro atoms. The quantitative estimate of drug-likeness (QED) is 0.565. The van der Waals surface area contributed by atoms with E-state index in [1.807, 2.05) is 36.4 Å². The molecule has 0 aliphatic rings. The monoisotopic (exact) mass is 361 g/mol. The van der Waals surface area contributed by atoms with Gasteiger partial charge in [0.05, 0.1) is 0 Å². The van der Waals surface area contributed by atoms with Crippen LogP contribution in [0.15, 0.2) is 45.8 Å². The van der Waals surface area contributed by atoms with Gasteiger partial charge in [-0.3, -0.25) is 0 Å². The Hall–Kier alpha value is -0.350. The van der Waals surface area contributed by atoms with Crippen LogP contribution in [0.1, 0.15) is 5.56 Å². The number of hydrogen-bond acceptors (Lipinski definition) is 2. The predicted molar refractivity (Wildman–Crippen MR) is 84.6 cm³/mol. The summed E-state index contributed by atoms with van der Waals surface area (Å²) in [6.45, 7) is 0. The Balaban J connectivity index is 2.16. The second-order valence-electron chi connectivity index (χ2n) is 3.67. The molecule has 94 valence electrons. The van der Waals surface area contributed by atoms with Gasteiger partial charge in [0.25, 0.3) is 0 Å². The molecule has 5 heteroatoms. The number of rotatable bonds is 3. The Morgan fingerprint density at radius 1 is 1.11 bits per heavy atom. The first kappa shape index (κ1) is 14.1.